The normalized spacial score (nSPS) is 12.9. The van der Waals surface area contributed by atoms with E-state index in [1.165, 1.54) is 33.4 Å². The highest BCUT2D eigenvalue weighted by atomic mass is 16.5. The molecule has 0 amide bonds. The maximum Gasteiger partial charge on any atom is 0.164 e. The Morgan fingerprint density at radius 3 is 1.36 bits per heavy atom. The average Bonchev–Trinajstić information content (AvgIpc) is 3.57. The third kappa shape index (κ3) is 5.04. The van der Waals surface area contributed by atoms with Crippen LogP contribution in [0.1, 0.15) is 22.3 Å². The largest absolute Gasteiger partial charge is 0.457 e. The van der Waals surface area contributed by atoms with Gasteiger partial charge in [0.2, 0.25) is 0 Å². The van der Waals surface area contributed by atoms with Gasteiger partial charge in [-0.1, -0.05) is 176 Å². The summed E-state index contributed by atoms with van der Waals surface area (Å²) < 4.78 is 6.57. The molecule has 1 spiro atoms. The summed E-state index contributed by atoms with van der Waals surface area (Å²) in [6.45, 7) is 0. The van der Waals surface area contributed by atoms with Crippen LogP contribution in [0.4, 0.5) is 0 Å². The Kier molecular flexibility index (Phi) is 7.36. The zero-order chi connectivity index (χ0) is 37.1. The van der Waals surface area contributed by atoms with Crippen molar-refractivity contribution in [1.29, 1.82) is 0 Å². The number of nitrogens with zero attached hydrogens (tertiary/aromatic N) is 3. The van der Waals surface area contributed by atoms with E-state index in [0.29, 0.717) is 17.5 Å². The fourth-order valence-electron chi connectivity index (χ4n) is 8.66. The molecular formula is C52H33N3O. The molecule has 262 valence electrons. The minimum absolute atomic E-state index is 0.584. The molecule has 4 nitrogen and oxygen atoms in total. The zero-order valence-electron chi connectivity index (χ0n) is 30.3. The van der Waals surface area contributed by atoms with Gasteiger partial charge in [-0.3, -0.25) is 0 Å². The maximum absolute atomic E-state index is 6.57. The number of fused-ring (bicyclic) bond motifs is 9. The van der Waals surface area contributed by atoms with Crippen LogP contribution < -0.4 is 4.74 Å². The highest BCUT2D eigenvalue weighted by molar-refractivity contribution is 5.90. The van der Waals surface area contributed by atoms with Crippen LogP contribution in [0.25, 0.3) is 67.5 Å². The van der Waals surface area contributed by atoms with E-state index >= 15 is 0 Å². The van der Waals surface area contributed by atoms with Gasteiger partial charge in [-0.05, 0) is 68.8 Å². The van der Waals surface area contributed by atoms with Gasteiger partial charge >= 0.3 is 0 Å². The van der Waals surface area contributed by atoms with Crippen LogP contribution in [-0.2, 0) is 5.41 Å². The van der Waals surface area contributed by atoms with Crippen LogP contribution in [0.15, 0.2) is 200 Å². The first kappa shape index (κ1) is 32.0. The van der Waals surface area contributed by atoms with Crippen molar-refractivity contribution in [1.82, 2.24) is 15.0 Å². The van der Waals surface area contributed by atoms with Crippen LogP contribution in [0.5, 0.6) is 11.5 Å². The van der Waals surface area contributed by atoms with E-state index in [0.717, 1.165) is 50.4 Å². The van der Waals surface area contributed by atoms with Crippen molar-refractivity contribution in [3.05, 3.63) is 222 Å². The molecule has 8 aromatic carbocycles. The van der Waals surface area contributed by atoms with Gasteiger partial charge in [0.15, 0.2) is 17.5 Å². The van der Waals surface area contributed by atoms with Gasteiger partial charge in [-0.2, -0.15) is 0 Å². The van der Waals surface area contributed by atoms with E-state index in [-0.39, 0.29) is 0 Å². The number of ether oxygens (including phenoxy) is 1. The molecule has 0 N–H and O–H groups in total. The Balaban J connectivity index is 1.07. The van der Waals surface area contributed by atoms with Crippen LogP contribution in [-0.4, -0.2) is 15.0 Å². The maximum atomic E-state index is 6.57. The SMILES string of the molecule is c1ccc(-c2cccc(-c3ccc(-c4nc(-c5ccccc5)nc(-c5ccc6c(c5)C5(c7ccccc7Oc7ccccc75)c5ccccc5-6)n4)cc3)c2)cc1. The molecule has 1 aliphatic carbocycles. The Bertz CT molecular complexity index is 2890. The molecule has 11 rings (SSSR count). The second kappa shape index (κ2) is 12.9. The predicted molar refractivity (Wildman–Crippen MR) is 224 cm³/mol. The van der Waals surface area contributed by atoms with Gasteiger partial charge < -0.3 is 4.74 Å². The predicted octanol–water partition coefficient (Wildman–Crippen LogP) is 12.7. The van der Waals surface area contributed by atoms with Gasteiger partial charge in [0, 0.05) is 27.8 Å². The van der Waals surface area contributed by atoms with Gasteiger partial charge in [-0.25, -0.2) is 15.0 Å². The summed E-state index contributed by atoms with van der Waals surface area (Å²) in [7, 11) is 0. The third-order valence-electron chi connectivity index (χ3n) is 11.2. The molecule has 2 aliphatic rings. The molecule has 0 atom stereocenters. The number of para-hydroxylation sites is 2. The van der Waals surface area contributed by atoms with Crippen LogP contribution in [0.2, 0.25) is 0 Å². The lowest BCUT2D eigenvalue weighted by Gasteiger charge is -2.39. The number of aromatic nitrogens is 3. The number of rotatable bonds is 5. The van der Waals surface area contributed by atoms with Crippen molar-refractivity contribution in [2.45, 2.75) is 5.41 Å². The Hall–Kier alpha value is -7.43. The summed E-state index contributed by atoms with van der Waals surface area (Å²) in [5.41, 5.74) is 14.0. The molecule has 0 saturated carbocycles. The first-order chi connectivity index (χ1) is 27.7. The summed E-state index contributed by atoms with van der Waals surface area (Å²) in [5, 5.41) is 0. The van der Waals surface area contributed by atoms with Gasteiger partial charge in [0.25, 0.3) is 0 Å². The van der Waals surface area contributed by atoms with Crippen LogP contribution >= 0.6 is 0 Å². The Labute approximate surface area is 325 Å². The van der Waals surface area contributed by atoms with E-state index in [2.05, 4.69) is 164 Å². The van der Waals surface area contributed by atoms with Crippen molar-refractivity contribution in [3.8, 4) is 79.0 Å². The van der Waals surface area contributed by atoms with E-state index in [9.17, 15) is 0 Å². The fourth-order valence-corrected chi connectivity index (χ4v) is 8.66. The second-order valence-electron chi connectivity index (χ2n) is 14.3. The van der Waals surface area contributed by atoms with Crippen molar-refractivity contribution in [2.75, 3.05) is 0 Å². The number of benzene rings is 8. The summed E-state index contributed by atoms with van der Waals surface area (Å²) in [5.74, 6) is 3.60. The third-order valence-corrected chi connectivity index (χ3v) is 11.2. The van der Waals surface area contributed by atoms with Crippen LogP contribution in [0, 0.1) is 0 Å². The summed E-state index contributed by atoms with van der Waals surface area (Å²) >= 11 is 0. The molecule has 4 heteroatoms. The quantitative estimate of drug-likeness (QED) is 0.178. The molecule has 0 unspecified atom stereocenters. The Morgan fingerprint density at radius 1 is 0.286 bits per heavy atom. The minimum atomic E-state index is -0.584. The van der Waals surface area contributed by atoms with Gasteiger partial charge in [0.1, 0.15) is 11.5 Å². The standard InChI is InChI=1S/C52H33N3O/c1-3-14-34(15-4-1)38-18-13-19-39(32-38)35-26-28-37(29-27-35)50-53-49(36-16-5-2-6-17-36)54-51(55-50)40-30-31-42-41-20-7-8-21-43(41)52(46(42)33-40)44-22-9-11-24-47(44)56-48-25-12-10-23-45(48)52/h1-33H. The fraction of sp³-hybridized carbons (Fsp3) is 0.0192. The smallest absolute Gasteiger partial charge is 0.164 e. The monoisotopic (exact) mass is 715 g/mol. The lowest BCUT2D eigenvalue weighted by molar-refractivity contribution is 0.436. The molecule has 0 saturated heterocycles. The zero-order valence-corrected chi connectivity index (χ0v) is 30.3. The average molecular weight is 716 g/mol. The molecule has 2 heterocycles. The lowest BCUT2D eigenvalue weighted by Crippen LogP contribution is -2.32. The summed E-state index contributed by atoms with van der Waals surface area (Å²) in [4.78, 5) is 15.4. The molecule has 0 bridgehead atoms. The molecule has 1 aliphatic heterocycles. The number of hydrogen-bond donors (Lipinski definition) is 0. The van der Waals surface area contributed by atoms with Crippen molar-refractivity contribution >= 4 is 0 Å². The van der Waals surface area contributed by atoms with Crippen molar-refractivity contribution < 1.29 is 4.74 Å². The molecule has 56 heavy (non-hydrogen) atoms. The van der Waals surface area contributed by atoms with E-state index in [4.69, 9.17) is 19.7 Å². The van der Waals surface area contributed by atoms with Gasteiger partial charge in [0.05, 0.1) is 5.41 Å². The Morgan fingerprint density at radius 2 is 0.714 bits per heavy atom. The van der Waals surface area contributed by atoms with Gasteiger partial charge in [-0.15, -0.1) is 0 Å². The topological polar surface area (TPSA) is 47.9 Å². The molecule has 0 radical (unpaired) electrons. The summed E-state index contributed by atoms with van der Waals surface area (Å²) in [6.07, 6.45) is 0. The molecule has 0 fully saturated rings. The van der Waals surface area contributed by atoms with Crippen molar-refractivity contribution in [2.24, 2.45) is 0 Å². The second-order valence-corrected chi connectivity index (χ2v) is 14.3. The first-order valence-electron chi connectivity index (χ1n) is 18.9. The highest BCUT2D eigenvalue weighted by Gasteiger charge is 2.51. The van der Waals surface area contributed by atoms with E-state index in [1.807, 2.05) is 36.4 Å². The van der Waals surface area contributed by atoms with Crippen LogP contribution in [0.3, 0.4) is 0 Å². The minimum Gasteiger partial charge on any atom is -0.457 e. The van der Waals surface area contributed by atoms with Crippen molar-refractivity contribution in [3.63, 3.8) is 0 Å². The number of hydrogen-bond acceptors (Lipinski definition) is 4. The van der Waals surface area contributed by atoms with E-state index < -0.39 is 5.41 Å². The lowest BCUT2D eigenvalue weighted by atomic mass is 9.66. The molecule has 1 aromatic heterocycles. The summed E-state index contributed by atoms with van der Waals surface area (Å²) in [6, 6.07) is 70.2. The highest BCUT2D eigenvalue weighted by Crippen LogP contribution is 2.62. The first-order valence-corrected chi connectivity index (χ1v) is 18.9. The molecule has 9 aromatic rings. The molecular weight excluding hydrogens is 683 g/mol. The van der Waals surface area contributed by atoms with E-state index in [1.54, 1.807) is 0 Å².